The van der Waals surface area contributed by atoms with E-state index in [2.05, 4.69) is 20.1 Å². The maximum atomic E-state index is 13.9. The Balaban J connectivity index is 1.86. The second kappa shape index (κ2) is 5.90. The molecule has 1 aromatic carbocycles. The van der Waals surface area contributed by atoms with Gasteiger partial charge in [0.1, 0.15) is 11.6 Å². The lowest BCUT2D eigenvalue weighted by atomic mass is 10.1. The van der Waals surface area contributed by atoms with Crippen molar-refractivity contribution >= 4 is 17.0 Å². The summed E-state index contributed by atoms with van der Waals surface area (Å²) in [6, 6.07) is 7.30. The predicted molar refractivity (Wildman–Crippen MR) is 88.4 cm³/mol. The summed E-state index contributed by atoms with van der Waals surface area (Å²) in [5, 5.41) is 4.85. The maximum absolute atomic E-state index is 13.9. The van der Waals surface area contributed by atoms with Gasteiger partial charge < -0.3 is 5.73 Å². The second-order valence-electron chi connectivity index (χ2n) is 5.41. The van der Waals surface area contributed by atoms with E-state index < -0.39 is 11.6 Å². The molecule has 0 bridgehead atoms. The number of nitrogen functional groups attached to an aromatic ring is 1. The topological polar surface area (TPSA) is 82.5 Å². The summed E-state index contributed by atoms with van der Waals surface area (Å²) < 4.78 is 29.2. The second-order valence-corrected chi connectivity index (χ2v) is 5.41. The van der Waals surface area contributed by atoms with E-state index in [-0.39, 0.29) is 18.1 Å². The predicted octanol–water partition coefficient (Wildman–Crippen LogP) is 2.80. The minimum Gasteiger partial charge on any atom is -0.368 e. The molecule has 0 aliphatic rings. The van der Waals surface area contributed by atoms with Gasteiger partial charge in [-0.1, -0.05) is 6.07 Å². The highest BCUT2D eigenvalue weighted by atomic mass is 19.1. The molecule has 4 rings (SSSR count). The number of fused-ring (bicyclic) bond motifs is 1. The molecular weight excluding hydrogens is 326 g/mol. The molecule has 8 heteroatoms. The van der Waals surface area contributed by atoms with Crippen LogP contribution in [0.2, 0.25) is 0 Å². The van der Waals surface area contributed by atoms with Crippen LogP contribution in [0, 0.1) is 11.6 Å². The molecule has 0 saturated carbocycles. The fraction of sp³-hybridized carbons (Fsp3) is 0.0588. The van der Waals surface area contributed by atoms with E-state index in [1.165, 1.54) is 22.9 Å². The number of hydrogen-bond donors (Lipinski definition) is 1. The number of halogens is 2. The number of rotatable bonds is 3. The van der Waals surface area contributed by atoms with E-state index in [9.17, 15) is 8.78 Å². The van der Waals surface area contributed by atoms with Crippen LogP contribution in [0.5, 0.6) is 0 Å². The fourth-order valence-electron chi connectivity index (χ4n) is 2.65. The van der Waals surface area contributed by atoms with Gasteiger partial charge in [0.2, 0.25) is 5.95 Å². The van der Waals surface area contributed by atoms with E-state index in [1.54, 1.807) is 30.7 Å². The normalized spacial score (nSPS) is 11.1. The highest BCUT2D eigenvalue weighted by molar-refractivity contribution is 5.90. The lowest BCUT2D eigenvalue weighted by Crippen LogP contribution is -2.08. The molecule has 0 saturated heterocycles. The van der Waals surface area contributed by atoms with E-state index in [0.29, 0.717) is 16.7 Å². The molecule has 0 unspecified atom stereocenters. The Bertz CT molecular complexity index is 1040. The third kappa shape index (κ3) is 2.67. The van der Waals surface area contributed by atoms with Crippen molar-refractivity contribution < 1.29 is 8.78 Å². The Morgan fingerprint density at radius 1 is 1.00 bits per heavy atom. The van der Waals surface area contributed by atoms with Crippen molar-refractivity contribution in [1.82, 2.24) is 24.7 Å². The van der Waals surface area contributed by atoms with Gasteiger partial charge in [-0.2, -0.15) is 10.1 Å². The summed E-state index contributed by atoms with van der Waals surface area (Å²) in [6.45, 7) is -0.103. The summed E-state index contributed by atoms with van der Waals surface area (Å²) in [5.41, 5.74) is 7.52. The van der Waals surface area contributed by atoms with Crippen molar-refractivity contribution in [3.8, 4) is 11.3 Å². The van der Waals surface area contributed by atoms with Gasteiger partial charge in [-0.15, -0.1) is 0 Å². The van der Waals surface area contributed by atoms with Gasteiger partial charge in [-0.05, 0) is 24.3 Å². The van der Waals surface area contributed by atoms with Crippen LogP contribution in [-0.2, 0) is 6.54 Å². The van der Waals surface area contributed by atoms with Crippen LogP contribution >= 0.6 is 0 Å². The molecule has 0 atom stereocenters. The molecular formula is C17H12F2N6. The maximum Gasteiger partial charge on any atom is 0.222 e. The molecule has 0 amide bonds. The first-order valence-electron chi connectivity index (χ1n) is 7.46. The van der Waals surface area contributed by atoms with Crippen molar-refractivity contribution in [2.45, 2.75) is 6.54 Å². The zero-order valence-corrected chi connectivity index (χ0v) is 12.9. The van der Waals surface area contributed by atoms with Gasteiger partial charge in [0, 0.05) is 23.5 Å². The lowest BCUT2D eigenvalue weighted by Gasteiger charge is -2.07. The minimum absolute atomic E-state index is 0.0510. The number of benzene rings is 1. The third-order valence-corrected chi connectivity index (χ3v) is 3.84. The molecule has 0 aliphatic heterocycles. The molecule has 0 radical (unpaired) electrons. The molecule has 4 aromatic rings. The molecule has 3 heterocycles. The summed E-state index contributed by atoms with van der Waals surface area (Å²) in [6.07, 6.45) is 4.83. The zero-order chi connectivity index (χ0) is 17.4. The van der Waals surface area contributed by atoms with E-state index in [1.807, 2.05) is 0 Å². The summed E-state index contributed by atoms with van der Waals surface area (Å²) >= 11 is 0. The lowest BCUT2D eigenvalue weighted by molar-refractivity contribution is 0.536. The number of hydrogen-bond acceptors (Lipinski definition) is 5. The highest BCUT2D eigenvalue weighted by Crippen LogP contribution is 2.27. The largest absolute Gasteiger partial charge is 0.368 e. The first kappa shape index (κ1) is 15.1. The first-order valence-corrected chi connectivity index (χ1v) is 7.46. The SMILES string of the molecule is Nc1nc(-c2ccncc2)c2cnn(Cc3c(F)cccc3F)c2n1. The van der Waals surface area contributed by atoms with Gasteiger partial charge in [0.25, 0.3) is 0 Å². The highest BCUT2D eigenvalue weighted by Gasteiger charge is 2.16. The summed E-state index contributed by atoms with van der Waals surface area (Å²) in [7, 11) is 0. The van der Waals surface area contributed by atoms with E-state index in [0.717, 1.165) is 5.56 Å². The molecule has 6 nitrogen and oxygen atoms in total. The zero-order valence-electron chi connectivity index (χ0n) is 12.9. The fourth-order valence-corrected chi connectivity index (χ4v) is 2.65. The van der Waals surface area contributed by atoms with Crippen LogP contribution in [0.1, 0.15) is 5.56 Å². The minimum atomic E-state index is -0.639. The van der Waals surface area contributed by atoms with Gasteiger partial charge in [0.05, 0.1) is 23.8 Å². The number of aromatic nitrogens is 5. The molecule has 0 aliphatic carbocycles. The molecule has 0 fully saturated rings. The smallest absolute Gasteiger partial charge is 0.222 e. The molecule has 0 spiro atoms. The van der Waals surface area contributed by atoms with Crippen LogP contribution in [-0.4, -0.2) is 24.7 Å². The average Bonchev–Trinajstić information content (AvgIpc) is 3.01. The van der Waals surface area contributed by atoms with Crippen molar-refractivity contribution in [1.29, 1.82) is 0 Å². The van der Waals surface area contributed by atoms with Crippen LogP contribution in [0.3, 0.4) is 0 Å². The number of nitrogens with two attached hydrogens (primary N) is 1. The van der Waals surface area contributed by atoms with E-state index >= 15 is 0 Å². The Kier molecular flexibility index (Phi) is 3.57. The van der Waals surface area contributed by atoms with Crippen LogP contribution in [0.4, 0.5) is 14.7 Å². The van der Waals surface area contributed by atoms with Crippen molar-refractivity contribution in [2.75, 3.05) is 5.73 Å². The Hall–Kier alpha value is -3.42. The molecule has 25 heavy (non-hydrogen) atoms. The van der Waals surface area contributed by atoms with Gasteiger partial charge in [0.15, 0.2) is 5.65 Å². The van der Waals surface area contributed by atoms with Crippen LogP contribution in [0.25, 0.3) is 22.3 Å². The average molecular weight is 338 g/mol. The first-order chi connectivity index (χ1) is 12.1. The van der Waals surface area contributed by atoms with Crippen molar-refractivity contribution in [3.05, 3.63) is 66.1 Å². The Morgan fingerprint density at radius 3 is 2.44 bits per heavy atom. The quantitative estimate of drug-likeness (QED) is 0.621. The molecule has 2 N–H and O–H groups in total. The van der Waals surface area contributed by atoms with Crippen molar-refractivity contribution in [2.24, 2.45) is 0 Å². The summed E-state index contributed by atoms with van der Waals surface area (Å²) in [5.74, 6) is -1.23. The number of anilines is 1. The summed E-state index contributed by atoms with van der Waals surface area (Å²) in [4.78, 5) is 12.4. The van der Waals surface area contributed by atoms with Gasteiger partial charge >= 0.3 is 0 Å². The van der Waals surface area contributed by atoms with Gasteiger partial charge in [-0.25, -0.2) is 18.4 Å². The Morgan fingerprint density at radius 2 is 1.72 bits per heavy atom. The van der Waals surface area contributed by atoms with Crippen molar-refractivity contribution in [3.63, 3.8) is 0 Å². The van der Waals surface area contributed by atoms with Crippen LogP contribution < -0.4 is 5.73 Å². The number of nitrogens with zero attached hydrogens (tertiary/aromatic N) is 5. The standard InChI is InChI=1S/C17H12F2N6/c18-13-2-1-3-14(19)12(13)9-25-16-11(8-22-25)15(23-17(20)24-16)10-4-6-21-7-5-10/h1-8H,9H2,(H2,20,23,24). The molecule has 3 aromatic heterocycles. The van der Waals surface area contributed by atoms with E-state index in [4.69, 9.17) is 5.73 Å². The van der Waals surface area contributed by atoms with Crippen LogP contribution in [0.15, 0.2) is 48.9 Å². The van der Waals surface area contributed by atoms with Gasteiger partial charge in [-0.3, -0.25) is 4.98 Å². The number of pyridine rings is 1. The monoisotopic (exact) mass is 338 g/mol. The molecule has 124 valence electrons. The Labute approximate surface area is 141 Å². The third-order valence-electron chi connectivity index (χ3n) is 3.84.